The van der Waals surface area contributed by atoms with Gasteiger partial charge in [0.2, 0.25) is 6.10 Å². The van der Waals surface area contributed by atoms with E-state index < -0.39 is 12.1 Å². The highest BCUT2D eigenvalue weighted by molar-refractivity contribution is 6.03. The van der Waals surface area contributed by atoms with Crippen LogP contribution in [0.5, 0.6) is 5.75 Å². The van der Waals surface area contributed by atoms with Crippen LogP contribution in [0.4, 0.5) is 0 Å². The molecule has 1 heterocycles. The summed E-state index contributed by atoms with van der Waals surface area (Å²) in [7, 11) is 1.58. The van der Waals surface area contributed by atoms with Crippen LogP contribution in [0, 0.1) is 0 Å². The Bertz CT molecular complexity index is 441. The largest absolute Gasteiger partial charge is 0.497 e. The number of carbonyl (C=O) groups is 1. The van der Waals surface area contributed by atoms with Crippen molar-refractivity contribution in [2.24, 2.45) is 5.16 Å². The molecular formula is C11H11NO4. The van der Waals surface area contributed by atoms with Crippen molar-refractivity contribution in [3.05, 3.63) is 29.8 Å². The molecule has 84 valence electrons. The summed E-state index contributed by atoms with van der Waals surface area (Å²) in [6.45, 7) is 0. The van der Waals surface area contributed by atoms with E-state index in [0.717, 1.165) is 5.56 Å². The lowest BCUT2D eigenvalue weighted by molar-refractivity contribution is -0.148. The predicted molar refractivity (Wildman–Crippen MR) is 56.7 cm³/mol. The predicted octanol–water partition coefficient (Wildman–Crippen LogP) is 1.27. The van der Waals surface area contributed by atoms with E-state index in [9.17, 15) is 4.79 Å². The van der Waals surface area contributed by atoms with Crippen molar-refractivity contribution in [1.82, 2.24) is 0 Å². The molecule has 1 aromatic rings. The number of hydrogen-bond donors (Lipinski definition) is 1. The summed E-state index contributed by atoms with van der Waals surface area (Å²) in [5.74, 6) is -0.291. The zero-order chi connectivity index (χ0) is 11.5. The maximum absolute atomic E-state index is 10.7. The summed E-state index contributed by atoms with van der Waals surface area (Å²) >= 11 is 0. The number of rotatable bonds is 3. The molecule has 16 heavy (non-hydrogen) atoms. The third kappa shape index (κ3) is 1.98. The van der Waals surface area contributed by atoms with E-state index in [0.29, 0.717) is 11.5 Å². The van der Waals surface area contributed by atoms with Gasteiger partial charge in [-0.2, -0.15) is 0 Å². The molecule has 0 bridgehead atoms. The van der Waals surface area contributed by atoms with Gasteiger partial charge in [-0.05, 0) is 12.1 Å². The summed E-state index contributed by atoms with van der Waals surface area (Å²) in [6, 6.07) is 7.28. The summed E-state index contributed by atoms with van der Waals surface area (Å²) in [5.41, 5.74) is 1.45. The summed E-state index contributed by atoms with van der Waals surface area (Å²) in [5, 5.41) is 12.5. The molecule has 0 saturated carbocycles. The third-order valence-corrected chi connectivity index (χ3v) is 2.35. The molecule has 0 aliphatic carbocycles. The zero-order valence-corrected chi connectivity index (χ0v) is 8.71. The summed E-state index contributed by atoms with van der Waals surface area (Å²) in [4.78, 5) is 15.5. The lowest BCUT2D eigenvalue weighted by Gasteiger charge is -2.03. The number of ether oxygens (including phenoxy) is 1. The molecule has 1 aromatic carbocycles. The van der Waals surface area contributed by atoms with Crippen LogP contribution < -0.4 is 4.74 Å². The average Bonchev–Trinajstić information content (AvgIpc) is 2.78. The fourth-order valence-corrected chi connectivity index (χ4v) is 1.48. The Hall–Kier alpha value is -2.04. The van der Waals surface area contributed by atoms with Crippen LogP contribution >= 0.6 is 0 Å². The Morgan fingerprint density at radius 3 is 3.06 bits per heavy atom. The minimum atomic E-state index is -0.998. The van der Waals surface area contributed by atoms with Gasteiger partial charge in [-0.1, -0.05) is 17.3 Å². The van der Waals surface area contributed by atoms with Crippen LogP contribution in [0.3, 0.4) is 0 Å². The highest BCUT2D eigenvalue weighted by atomic mass is 16.7. The number of methoxy groups -OCH3 is 1. The van der Waals surface area contributed by atoms with Gasteiger partial charge in [0.25, 0.3) is 0 Å². The third-order valence-electron chi connectivity index (χ3n) is 2.35. The number of hydrogen-bond acceptors (Lipinski definition) is 4. The molecule has 1 N–H and O–H groups in total. The molecule has 1 atom stereocenters. The maximum Gasteiger partial charge on any atom is 0.348 e. The number of nitrogens with zero attached hydrogens (tertiary/aromatic N) is 1. The van der Waals surface area contributed by atoms with Crippen molar-refractivity contribution in [2.45, 2.75) is 12.5 Å². The van der Waals surface area contributed by atoms with E-state index in [1.54, 1.807) is 13.2 Å². The molecule has 0 unspecified atom stereocenters. The second-order valence-electron chi connectivity index (χ2n) is 3.41. The van der Waals surface area contributed by atoms with Gasteiger partial charge in [0, 0.05) is 12.0 Å². The van der Waals surface area contributed by atoms with Crippen molar-refractivity contribution in [2.75, 3.05) is 7.11 Å². The Kier molecular flexibility index (Phi) is 2.76. The van der Waals surface area contributed by atoms with Crippen molar-refractivity contribution in [3.63, 3.8) is 0 Å². The molecule has 0 fully saturated rings. The molecule has 0 saturated heterocycles. The Morgan fingerprint density at radius 1 is 1.62 bits per heavy atom. The van der Waals surface area contributed by atoms with E-state index in [1.165, 1.54) is 0 Å². The van der Waals surface area contributed by atoms with Crippen LogP contribution in [0.1, 0.15) is 12.0 Å². The first kappa shape index (κ1) is 10.5. The van der Waals surface area contributed by atoms with Gasteiger partial charge in [0.05, 0.1) is 12.8 Å². The first-order valence-corrected chi connectivity index (χ1v) is 4.80. The maximum atomic E-state index is 10.7. The number of carboxylic acid groups (broad SMARTS) is 1. The second-order valence-corrected chi connectivity index (χ2v) is 3.41. The van der Waals surface area contributed by atoms with Crippen LogP contribution in [0.25, 0.3) is 0 Å². The van der Waals surface area contributed by atoms with Crippen molar-refractivity contribution >= 4 is 11.7 Å². The van der Waals surface area contributed by atoms with Crippen molar-refractivity contribution < 1.29 is 19.5 Å². The lowest BCUT2D eigenvalue weighted by atomic mass is 10.0. The second kappa shape index (κ2) is 4.22. The van der Waals surface area contributed by atoms with Crippen LogP contribution in [-0.4, -0.2) is 30.0 Å². The summed E-state index contributed by atoms with van der Waals surface area (Å²) < 4.78 is 5.08. The molecule has 0 amide bonds. The van der Waals surface area contributed by atoms with Gasteiger partial charge in [0.1, 0.15) is 5.75 Å². The van der Waals surface area contributed by atoms with Gasteiger partial charge < -0.3 is 14.7 Å². The minimum Gasteiger partial charge on any atom is -0.497 e. The van der Waals surface area contributed by atoms with Crippen molar-refractivity contribution in [1.29, 1.82) is 0 Å². The number of aliphatic carboxylic acids is 1. The van der Waals surface area contributed by atoms with Crippen LogP contribution in [0.15, 0.2) is 29.4 Å². The van der Waals surface area contributed by atoms with E-state index in [4.69, 9.17) is 14.7 Å². The standard InChI is InChI=1S/C11H11NO4/c1-15-8-4-2-3-7(5-8)9-6-10(11(13)14)16-12-9/h2-5,10H,6H2,1H3,(H,13,14)/t10-/m1/s1. The number of oxime groups is 1. The Balaban J connectivity index is 2.17. The average molecular weight is 221 g/mol. The molecular weight excluding hydrogens is 210 g/mol. The summed E-state index contributed by atoms with van der Waals surface area (Å²) in [6.07, 6.45) is -0.594. The van der Waals surface area contributed by atoms with E-state index in [2.05, 4.69) is 5.16 Å². The SMILES string of the molecule is COc1cccc(C2=NO[C@@H](C(=O)O)C2)c1. The molecule has 0 radical (unpaired) electrons. The smallest absolute Gasteiger partial charge is 0.348 e. The molecule has 5 heteroatoms. The highest BCUT2D eigenvalue weighted by Gasteiger charge is 2.28. The monoisotopic (exact) mass is 221 g/mol. The molecule has 1 aliphatic rings. The van der Waals surface area contributed by atoms with Crippen LogP contribution in [0.2, 0.25) is 0 Å². The molecule has 0 spiro atoms. The van der Waals surface area contributed by atoms with Gasteiger partial charge in [-0.25, -0.2) is 4.79 Å². The van der Waals surface area contributed by atoms with Gasteiger partial charge in [-0.15, -0.1) is 0 Å². The zero-order valence-electron chi connectivity index (χ0n) is 8.71. The van der Waals surface area contributed by atoms with Crippen molar-refractivity contribution in [3.8, 4) is 5.75 Å². The highest BCUT2D eigenvalue weighted by Crippen LogP contribution is 2.20. The quantitative estimate of drug-likeness (QED) is 0.834. The fraction of sp³-hybridized carbons (Fsp3) is 0.273. The lowest BCUT2D eigenvalue weighted by Crippen LogP contribution is -2.19. The number of carboxylic acids is 1. The minimum absolute atomic E-state index is 0.280. The van der Waals surface area contributed by atoms with Gasteiger partial charge in [-0.3, -0.25) is 0 Å². The fourth-order valence-electron chi connectivity index (χ4n) is 1.48. The molecule has 1 aliphatic heterocycles. The molecule has 2 rings (SSSR count). The van der Waals surface area contributed by atoms with E-state index >= 15 is 0 Å². The van der Waals surface area contributed by atoms with Gasteiger partial charge in [0.15, 0.2) is 0 Å². The first-order valence-electron chi connectivity index (χ1n) is 4.80. The van der Waals surface area contributed by atoms with Gasteiger partial charge >= 0.3 is 5.97 Å². The topological polar surface area (TPSA) is 68.1 Å². The Labute approximate surface area is 92.3 Å². The number of benzene rings is 1. The first-order chi connectivity index (χ1) is 7.70. The van der Waals surface area contributed by atoms with E-state index in [1.807, 2.05) is 18.2 Å². The Morgan fingerprint density at radius 2 is 2.44 bits per heavy atom. The normalized spacial score (nSPS) is 18.8. The van der Waals surface area contributed by atoms with E-state index in [-0.39, 0.29) is 6.42 Å². The molecule has 0 aromatic heterocycles. The molecule has 5 nitrogen and oxygen atoms in total. The van der Waals surface area contributed by atoms with Crippen LogP contribution in [-0.2, 0) is 9.63 Å².